The molecule has 0 aliphatic rings. The molecule has 0 N–H and O–H groups in total. The van der Waals surface area contributed by atoms with E-state index in [-0.39, 0.29) is 11.5 Å². The van der Waals surface area contributed by atoms with E-state index < -0.39 is 0 Å². The monoisotopic (exact) mass is 294 g/mol. The summed E-state index contributed by atoms with van der Waals surface area (Å²) in [6.45, 7) is 2.59. The Labute approximate surface area is 122 Å². The number of nitrogens with zero attached hydrogens (tertiary/aromatic N) is 4. The van der Waals surface area contributed by atoms with E-state index in [1.807, 2.05) is 18.2 Å². The minimum absolute atomic E-state index is 0.268. The molecule has 0 aliphatic heterocycles. The van der Waals surface area contributed by atoms with E-state index in [1.165, 1.54) is 5.56 Å². The normalized spacial score (nSPS) is 12.8. The summed E-state index contributed by atoms with van der Waals surface area (Å²) in [6.07, 6.45) is -0.357. The lowest BCUT2D eigenvalue weighted by molar-refractivity contribution is -0.113. The van der Waals surface area contributed by atoms with Crippen molar-refractivity contribution in [2.24, 2.45) is 0 Å². The molecule has 1 aromatic heterocycles. The third-order valence-electron chi connectivity index (χ3n) is 2.90. The Bertz CT molecular complexity index is 516. The molecule has 0 spiro atoms. The average Bonchev–Trinajstić information content (AvgIpc) is 2.92. The van der Waals surface area contributed by atoms with E-state index in [4.69, 9.17) is 9.47 Å². The molecule has 1 atom stereocenters. The van der Waals surface area contributed by atoms with Gasteiger partial charge in [0, 0.05) is 19.5 Å². The van der Waals surface area contributed by atoms with Gasteiger partial charge in [0.15, 0.2) is 6.29 Å². The summed E-state index contributed by atoms with van der Waals surface area (Å²) in [4.78, 5) is 0. The summed E-state index contributed by atoms with van der Waals surface area (Å²) in [6, 6.07) is 10.3. The van der Waals surface area contributed by atoms with Crippen LogP contribution in [0, 0.1) is 0 Å². The van der Waals surface area contributed by atoms with E-state index >= 15 is 0 Å². The van der Waals surface area contributed by atoms with Crippen LogP contribution in [-0.4, -0.2) is 40.7 Å². The smallest absolute Gasteiger partial charge is 0.210 e. The molecule has 7 heteroatoms. The summed E-state index contributed by atoms with van der Waals surface area (Å²) >= 11 is 1.61. The van der Waals surface area contributed by atoms with Gasteiger partial charge in [0.2, 0.25) is 5.16 Å². The van der Waals surface area contributed by atoms with Crippen molar-refractivity contribution < 1.29 is 9.47 Å². The maximum atomic E-state index is 5.17. The summed E-state index contributed by atoms with van der Waals surface area (Å²) < 4.78 is 12.0. The largest absolute Gasteiger partial charge is 0.354 e. The Morgan fingerprint density at radius 1 is 1.20 bits per heavy atom. The number of rotatable bonds is 7. The summed E-state index contributed by atoms with van der Waals surface area (Å²) in [5, 5.41) is 12.8. The van der Waals surface area contributed by atoms with Crippen LogP contribution >= 0.6 is 11.8 Å². The predicted octanol–water partition coefficient (Wildman–Crippen LogP) is 2.15. The molecule has 2 rings (SSSR count). The first-order valence-corrected chi connectivity index (χ1v) is 7.16. The van der Waals surface area contributed by atoms with Gasteiger partial charge in [-0.25, -0.2) is 4.68 Å². The highest BCUT2D eigenvalue weighted by molar-refractivity contribution is 7.99. The number of tetrazole rings is 1. The van der Waals surface area contributed by atoms with Crippen molar-refractivity contribution >= 4 is 11.8 Å². The van der Waals surface area contributed by atoms with Crippen molar-refractivity contribution in [2.45, 2.75) is 30.2 Å². The second-order valence-electron chi connectivity index (χ2n) is 4.22. The van der Waals surface area contributed by atoms with Crippen LogP contribution in [0.3, 0.4) is 0 Å². The third kappa shape index (κ3) is 3.78. The van der Waals surface area contributed by atoms with Gasteiger partial charge in [0.05, 0.1) is 6.54 Å². The number of aromatic nitrogens is 4. The molecule has 1 unspecified atom stereocenters. The third-order valence-corrected chi connectivity index (χ3v) is 4.03. The molecule has 1 heterocycles. The number of thioether (sulfide) groups is 1. The van der Waals surface area contributed by atoms with Gasteiger partial charge in [0.1, 0.15) is 0 Å². The van der Waals surface area contributed by atoms with Crippen LogP contribution in [0.25, 0.3) is 0 Å². The quantitative estimate of drug-likeness (QED) is 0.576. The molecule has 0 saturated carbocycles. The van der Waals surface area contributed by atoms with E-state index in [2.05, 4.69) is 34.6 Å². The highest BCUT2D eigenvalue weighted by Crippen LogP contribution is 2.32. The second-order valence-corrected chi connectivity index (χ2v) is 5.52. The van der Waals surface area contributed by atoms with Crippen molar-refractivity contribution in [3.8, 4) is 0 Å². The number of hydrogen-bond donors (Lipinski definition) is 0. The number of methoxy groups -OCH3 is 2. The summed E-state index contributed by atoms with van der Waals surface area (Å²) in [5.74, 6) is 0. The van der Waals surface area contributed by atoms with Gasteiger partial charge in [-0.05, 0) is 22.9 Å². The van der Waals surface area contributed by atoms with Crippen molar-refractivity contribution in [3.05, 3.63) is 35.9 Å². The first-order chi connectivity index (χ1) is 9.74. The van der Waals surface area contributed by atoms with Crippen molar-refractivity contribution in [1.29, 1.82) is 0 Å². The number of ether oxygens (including phenoxy) is 2. The lowest BCUT2D eigenvalue weighted by Crippen LogP contribution is -2.22. The minimum Gasteiger partial charge on any atom is -0.354 e. The first kappa shape index (κ1) is 15.0. The van der Waals surface area contributed by atoms with Crippen LogP contribution in [0.1, 0.15) is 17.7 Å². The molecule has 1 aromatic carbocycles. The van der Waals surface area contributed by atoms with Crippen LogP contribution < -0.4 is 0 Å². The van der Waals surface area contributed by atoms with Gasteiger partial charge in [-0.2, -0.15) is 0 Å². The summed E-state index contributed by atoms with van der Waals surface area (Å²) in [5.41, 5.74) is 1.24. The standard InChI is InChI=1S/C13H18N4O2S/c1-10(11-7-5-4-6-8-11)20-13-14-15-16-17(13)9-12(18-2)19-3/h4-8,10,12H,9H2,1-3H3. The molecule has 0 amide bonds. The van der Waals surface area contributed by atoms with Crippen LogP contribution in [-0.2, 0) is 16.0 Å². The van der Waals surface area contributed by atoms with E-state index in [1.54, 1.807) is 30.7 Å². The summed E-state index contributed by atoms with van der Waals surface area (Å²) in [7, 11) is 3.19. The second kappa shape index (κ2) is 7.37. The van der Waals surface area contributed by atoms with Crippen molar-refractivity contribution in [1.82, 2.24) is 20.2 Å². The maximum Gasteiger partial charge on any atom is 0.210 e. The van der Waals surface area contributed by atoms with Crippen LogP contribution in [0.4, 0.5) is 0 Å². The molecular formula is C13H18N4O2S. The fourth-order valence-corrected chi connectivity index (χ4v) is 2.66. The van der Waals surface area contributed by atoms with Gasteiger partial charge in [-0.3, -0.25) is 0 Å². The lowest BCUT2D eigenvalue weighted by atomic mass is 10.2. The Kier molecular flexibility index (Phi) is 5.51. The highest BCUT2D eigenvalue weighted by atomic mass is 32.2. The Morgan fingerprint density at radius 3 is 2.55 bits per heavy atom. The van der Waals surface area contributed by atoms with Crippen molar-refractivity contribution in [2.75, 3.05) is 14.2 Å². The molecule has 0 radical (unpaired) electrons. The Hall–Kier alpha value is -1.44. The lowest BCUT2D eigenvalue weighted by Gasteiger charge is -2.15. The van der Waals surface area contributed by atoms with Crippen LogP contribution in [0.5, 0.6) is 0 Å². The molecular weight excluding hydrogens is 276 g/mol. The minimum atomic E-state index is -0.357. The molecule has 0 aliphatic carbocycles. The zero-order valence-electron chi connectivity index (χ0n) is 11.8. The maximum absolute atomic E-state index is 5.17. The zero-order valence-corrected chi connectivity index (χ0v) is 12.6. The van der Waals surface area contributed by atoms with Gasteiger partial charge in [0.25, 0.3) is 0 Å². The SMILES string of the molecule is COC(Cn1nnnc1SC(C)c1ccccc1)OC. The van der Waals surface area contributed by atoms with Gasteiger partial charge in [-0.15, -0.1) is 5.10 Å². The van der Waals surface area contributed by atoms with Crippen molar-refractivity contribution in [3.63, 3.8) is 0 Å². The number of hydrogen-bond acceptors (Lipinski definition) is 6. The van der Waals surface area contributed by atoms with E-state index in [0.717, 1.165) is 5.16 Å². The number of benzene rings is 1. The topological polar surface area (TPSA) is 62.1 Å². The Balaban J connectivity index is 2.05. The van der Waals surface area contributed by atoms with Gasteiger partial charge < -0.3 is 9.47 Å². The van der Waals surface area contributed by atoms with E-state index in [0.29, 0.717) is 6.54 Å². The zero-order chi connectivity index (χ0) is 14.4. The fourth-order valence-electron chi connectivity index (χ4n) is 1.73. The van der Waals surface area contributed by atoms with Gasteiger partial charge >= 0.3 is 0 Å². The molecule has 0 bridgehead atoms. The van der Waals surface area contributed by atoms with Crippen LogP contribution in [0.15, 0.2) is 35.5 Å². The van der Waals surface area contributed by atoms with E-state index in [9.17, 15) is 0 Å². The Morgan fingerprint density at radius 2 is 1.90 bits per heavy atom. The molecule has 0 fully saturated rings. The van der Waals surface area contributed by atoms with Gasteiger partial charge in [-0.1, -0.05) is 42.1 Å². The molecule has 6 nitrogen and oxygen atoms in total. The highest BCUT2D eigenvalue weighted by Gasteiger charge is 2.16. The predicted molar refractivity (Wildman–Crippen MR) is 76.3 cm³/mol. The molecule has 108 valence electrons. The van der Waals surface area contributed by atoms with Crippen LogP contribution in [0.2, 0.25) is 0 Å². The average molecular weight is 294 g/mol. The molecule has 20 heavy (non-hydrogen) atoms. The fraction of sp³-hybridized carbons (Fsp3) is 0.462. The molecule has 2 aromatic rings. The first-order valence-electron chi connectivity index (χ1n) is 6.28. The molecule has 0 saturated heterocycles.